The summed E-state index contributed by atoms with van der Waals surface area (Å²) in [7, 11) is 0. The first-order chi connectivity index (χ1) is 13.5. The second kappa shape index (κ2) is 7.51. The van der Waals surface area contributed by atoms with E-state index in [4.69, 9.17) is 0 Å². The molecule has 4 rings (SSSR count). The van der Waals surface area contributed by atoms with Crippen LogP contribution in [0.1, 0.15) is 49.6 Å². The lowest BCUT2D eigenvalue weighted by molar-refractivity contribution is 0.184. The Bertz CT molecular complexity index is 1020. The van der Waals surface area contributed by atoms with Crippen molar-refractivity contribution in [3.8, 4) is 5.75 Å². The van der Waals surface area contributed by atoms with Gasteiger partial charge in [-0.15, -0.1) is 11.3 Å². The van der Waals surface area contributed by atoms with Gasteiger partial charge in [0.25, 0.3) is 0 Å². The predicted octanol–water partition coefficient (Wildman–Crippen LogP) is 5.38. The molecule has 1 atom stereocenters. The second-order valence-corrected chi connectivity index (χ2v) is 9.20. The number of hydrazone groups is 1. The molecule has 0 aliphatic heterocycles. The van der Waals surface area contributed by atoms with Gasteiger partial charge in [-0.3, -0.25) is 5.43 Å². The minimum absolute atomic E-state index is 0.207. The van der Waals surface area contributed by atoms with Crippen LogP contribution in [0.2, 0.25) is 0 Å². The van der Waals surface area contributed by atoms with Gasteiger partial charge in [-0.05, 0) is 48.3 Å². The third-order valence-electron chi connectivity index (χ3n) is 6.17. The van der Waals surface area contributed by atoms with E-state index in [1.807, 2.05) is 12.1 Å². The number of nitrogens with one attached hydrogen (secondary N) is 1. The lowest BCUT2D eigenvalue weighted by Gasteiger charge is -2.36. The molecule has 2 heterocycles. The Kier molecular flexibility index (Phi) is 5.06. The lowest BCUT2D eigenvalue weighted by Crippen LogP contribution is -2.28. The molecule has 0 saturated carbocycles. The Labute approximate surface area is 169 Å². The van der Waals surface area contributed by atoms with Gasteiger partial charge in [0.2, 0.25) is 0 Å². The Morgan fingerprint density at radius 1 is 1.32 bits per heavy atom. The number of hydrogen-bond donors (Lipinski definition) is 2. The number of anilines is 1. The van der Waals surface area contributed by atoms with Crippen molar-refractivity contribution in [2.24, 2.45) is 16.4 Å². The number of phenolic OH excluding ortho intramolecular Hbond substituents is 1. The van der Waals surface area contributed by atoms with E-state index >= 15 is 0 Å². The van der Waals surface area contributed by atoms with Gasteiger partial charge < -0.3 is 5.11 Å². The summed E-state index contributed by atoms with van der Waals surface area (Å²) in [6.45, 7) is 7.04. The zero-order valence-corrected chi connectivity index (χ0v) is 17.4. The van der Waals surface area contributed by atoms with Gasteiger partial charge in [0.05, 0.1) is 11.6 Å². The van der Waals surface area contributed by atoms with Crippen LogP contribution in [0.25, 0.3) is 10.2 Å². The van der Waals surface area contributed by atoms with Crippen molar-refractivity contribution in [2.75, 3.05) is 5.43 Å². The molecular formula is C22H26N4OS. The van der Waals surface area contributed by atoms with Gasteiger partial charge in [-0.2, -0.15) is 5.10 Å². The van der Waals surface area contributed by atoms with E-state index in [0.717, 1.165) is 28.9 Å². The molecule has 0 bridgehead atoms. The first kappa shape index (κ1) is 18.9. The van der Waals surface area contributed by atoms with E-state index in [9.17, 15) is 5.11 Å². The summed E-state index contributed by atoms with van der Waals surface area (Å²) < 4.78 is 0. The molecule has 3 aromatic rings. The van der Waals surface area contributed by atoms with Crippen LogP contribution in [-0.2, 0) is 12.8 Å². The third-order valence-corrected chi connectivity index (χ3v) is 7.37. The highest BCUT2D eigenvalue weighted by molar-refractivity contribution is 7.19. The van der Waals surface area contributed by atoms with Crippen molar-refractivity contribution < 1.29 is 5.11 Å². The topological polar surface area (TPSA) is 70.4 Å². The number of benzene rings is 1. The maximum Gasteiger partial charge on any atom is 0.158 e. The van der Waals surface area contributed by atoms with E-state index in [2.05, 4.69) is 41.3 Å². The maximum atomic E-state index is 9.89. The van der Waals surface area contributed by atoms with Crippen LogP contribution >= 0.6 is 11.3 Å². The maximum absolute atomic E-state index is 9.89. The van der Waals surface area contributed by atoms with E-state index < -0.39 is 0 Å². The monoisotopic (exact) mass is 394 g/mol. The largest absolute Gasteiger partial charge is 0.507 e. The summed E-state index contributed by atoms with van der Waals surface area (Å²) >= 11 is 1.78. The van der Waals surface area contributed by atoms with Gasteiger partial charge in [0.1, 0.15) is 16.9 Å². The highest BCUT2D eigenvalue weighted by Gasteiger charge is 2.33. The molecule has 0 amide bonds. The number of phenols is 1. The van der Waals surface area contributed by atoms with Gasteiger partial charge in [-0.1, -0.05) is 39.3 Å². The van der Waals surface area contributed by atoms with Crippen LogP contribution < -0.4 is 5.43 Å². The van der Waals surface area contributed by atoms with Crippen LogP contribution in [-0.4, -0.2) is 21.3 Å². The molecular weight excluding hydrogens is 368 g/mol. The molecule has 2 aromatic heterocycles. The van der Waals surface area contributed by atoms with E-state index in [0.29, 0.717) is 16.9 Å². The number of thiophene rings is 1. The smallest absolute Gasteiger partial charge is 0.158 e. The molecule has 0 saturated heterocycles. The molecule has 0 radical (unpaired) electrons. The van der Waals surface area contributed by atoms with Crippen LogP contribution in [0.4, 0.5) is 5.82 Å². The molecule has 0 spiro atoms. The van der Waals surface area contributed by atoms with Gasteiger partial charge in [0.15, 0.2) is 5.82 Å². The van der Waals surface area contributed by atoms with Crippen molar-refractivity contribution in [3.63, 3.8) is 0 Å². The Morgan fingerprint density at radius 2 is 2.14 bits per heavy atom. The average molecular weight is 395 g/mol. The molecule has 1 aliphatic carbocycles. The first-order valence-electron chi connectivity index (χ1n) is 9.82. The number of nitrogens with zero attached hydrogens (tertiary/aromatic N) is 3. The quantitative estimate of drug-likeness (QED) is 0.450. The molecule has 1 aromatic carbocycles. The molecule has 1 unspecified atom stereocenters. The van der Waals surface area contributed by atoms with Gasteiger partial charge in [-0.25, -0.2) is 9.97 Å². The third kappa shape index (κ3) is 3.49. The standard InChI is InChI=1S/C22H26N4OS/c1-4-22(2,3)15-9-10-18-16(11-15)19-20(23-13-24-21(19)28-18)26-25-12-14-7-5-6-8-17(14)27/h5-8,12-13,15,27H,4,9-11H2,1-3H3,(H,23,24,26). The minimum atomic E-state index is 0.207. The molecule has 1 aliphatic rings. The summed E-state index contributed by atoms with van der Waals surface area (Å²) in [6.07, 6.45) is 7.82. The Balaban J connectivity index is 1.66. The van der Waals surface area contributed by atoms with Crippen LogP contribution in [0.15, 0.2) is 35.7 Å². The highest BCUT2D eigenvalue weighted by Crippen LogP contribution is 2.45. The number of aryl methyl sites for hydroxylation is 1. The molecule has 0 fully saturated rings. The SMILES string of the molecule is CCC(C)(C)C1CCc2sc3ncnc(NN=Cc4ccccc4O)c3c2C1. The number of aromatic nitrogens is 2. The van der Waals surface area contributed by atoms with Crippen molar-refractivity contribution in [3.05, 3.63) is 46.6 Å². The zero-order valence-electron chi connectivity index (χ0n) is 16.6. The minimum Gasteiger partial charge on any atom is -0.507 e. The van der Waals surface area contributed by atoms with Gasteiger partial charge >= 0.3 is 0 Å². The second-order valence-electron chi connectivity index (χ2n) is 8.12. The van der Waals surface area contributed by atoms with Crippen LogP contribution in [0, 0.1) is 11.3 Å². The fourth-order valence-electron chi connectivity index (χ4n) is 3.91. The summed E-state index contributed by atoms with van der Waals surface area (Å²) in [6, 6.07) is 7.13. The first-order valence-corrected chi connectivity index (χ1v) is 10.6. The predicted molar refractivity (Wildman–Crippen MR) is 116 cm³/mol. The van der Waals surface area contributed by atoms with Gasteiger partial charge in [0, 0.05) is 10.4 Å². The highest BCUT2D eigenvalue weighted by atomic mass is 32.1. The molecule has 28 heavy (non-hydrogen) atoms. The van der Waals surface area contributed by atoms with Crippen molar-refractivity contribution in [2.45, 2.75) is 46.5 Å². The molecule has 6 heteroatoms. The average Bonchev–Trinajstić information content (AvgIpc) is 3.08. The summed E-state index contributed by atoms with van der Waals surface area (Å²) in [5.41, 5.74) is 5.46. The Morgan fingerprint density at radius 3 is 2.93 bits per heavy atom. The zero-order chi connectivity index (χ0) is 19.7. The number of aromatic hydroxyl groups is 1. The van der Waals surface area contributed by atoms with Crippen LogP contribution in [0.5, 0.6) is 5.75 Å². The molecule has 5 nitrogen and oxygen atoms in total. The normalized spacial score (nSPS) is 17.2. The fourth-order valence-corrected chi connectivity index (χ4v) is 5.09. The Hall–Kier alpha value is -2.47. The lowest BCUT2D eigenvalue weighted by atomic mass is 9.69. The molecule has 2 N–H and O–H groups in total. The molecule has 146 valence electrons. The van der Waals surface area contributed by atoms with Crippen molar-refractivity contribution in [1.29, 1.82) is 0 Å². The number of rotatable bonds is 5. The van der Waals surface area contributed by atoms with E-state index in [-0.39, 0.29) is 5.75 Å². The summed E-state index contributed by atoms with van der Waals surface area (Å²) in [5, 5.41) is 15.3. The fraction of sp³-hybridized carbons (Fsp3) is 0.409. The van der Waals surface area contributed by atoms with E-state index in [1.165, 1.54) is 23.3 Å². The van der Waals surface area contributed by atoms with Crippen LogP contribution in [0.3, 0.4) is 0 Å². The van der Waals surface area contributed by atoms with Crippen molar-refractivity contribution >= 4 is 33.6 Å². The number of para-hydroxylation sites is 1. The summed E-state index contributed by atoms with van der Waals surface area (Å²) in [4.78, 5) is 11.4. The number of hydrogen-bond acceptors (Lipinski definition) is 6. The van der Waals surface area contributed by atoms with Crippen molar-refractivity contribution in [1.82, 2.24) is 9.97 Å². The number of fused-ring (bicyclic) bond motifs is 3. The summed E-state index contributed by atoms with van der Waals surface area (Å²) in [5.74, 6) is 1.61. The van der Waals surface area contributed by atoms with E-state index in [1.54, 1.807) is 36.0 Å².